The van der Waals surface area contributed by atoms with E-state index in [0.29, 0.717) is 38.0 Å². The largest absolute Gasteiger partial charge is 0.487 e. The molecule has 0 aromatic heterocycles. The van der Waals surface area contributed by atoms with Crippen LogP contribution >= 0.6 is 0 Å². The van der Waals surface area contributed by atoms with Crippen molar-refractivity contribution < 1.29 is 14.4 Å². The van der Waals surface area contributed by atoms with E-state index in [9.17, 15) is 10.1 Å². The number of methoxy groups -OCH3 is 1. The van der Waals surface area contributed by atoms with Gasteiger partial charge in [0, 0.05) is 26.3 Å². The third-order valence-electron chi connectivity index (χ3n) is 3.20. The first-order valence-electron chi connectivity index (χ1n) is 6.80. The van der Waals surface area contributed by atoms with Gasteiger partial charge in [0.25, 0.3) is 0 Å². The highest BCUT2D eigenvalue weighted by Gasteiger charge is 2.24. The first-order valence-corrected chi connectivity index (χ1v) is 6.80. The second-order valence-electron chi connectivity index (χ2n) is 4.98. The van der Waals surface area contributed by atoms with Crippen molar-refractivity contribution in [1.82, 2.24) is 5.32 Å². The standard InChI is InChI=1S/C14H20N2O4/c1-19-7-6-15-9-12-4-5-14(13(8-12)16(17)18)20-10-11-2-3-11/h4-5,8,11,15H,2-3,6-7,9-10H2,1H3. The van der Waals surface area contributed by atoms with Crippen molar-refractivity contribution in [3.05, 3.63) is 33.9 Å². The zero-order chi connectivity index (χ0) is 14.4. The molecule has 0 spiro atoms. The summed E-state index contributed by atoms with van der Waals surface area (Å²) < 4.78 is 10.5. The molecule has 2 rings (SSSR count). The van der Waals surface area contributed by atoms with Crippen molar-refractivity contribution in [2.24, 2.45) is 5.92 Å². The lowest BCUT2D eigenvalue weighted by molar-refractivity contribution is -0.385. The number of hydrogen-bond donors (Lipinski definition) is 1. The van der Waals surface area contributed by atoms with E-state index in [1.54, 1.807) is 19.2 Å². The van der Waals surface area contributed by atoms with Crippen LogP contribution in [0.3, 0.4) is 0 Å². The van der Waals surface area contributed by atoms with E-state index < -0.39 is 0 Å². The molecule has 0 heterocycles. The summed E-state index contributed by atoms with van der Waals surface area (Å²) in [6.45, 7) is 2.48. The third kappa shape index (κ3) is 4.47. The Balaban J connectivity index is 1.96. The Hall–Kier alpha value is -1.66. The van der Waals surface area contributed by atoms with E-state index >= 15 is 0 Å². The summed E-state index contributed by atoms with van der Waals surface area (Å²) >= 11 is 0. The maximum absolute atomic E-state index is 11.1. The fourth-order valence-electron chi connectivity index (χ4n) is 1.84. The lowest BCUT2D eigenvalue weighted by Gasteiger charge is -2.08. The molecule has 0 saturated heterocycles. The van der Waals surface area contributed by atoms with Gasteiger partial charge in [-0.25, -0.2) is 0 Å². The van der Waals surface area contributed by atoms with Crippen molar-refractivity contribution in [2.45, 2.75) is 19.4 Å². The van der Waals surface area contributed by atoms with Gasteiger partial charge in [0.1, 0.15) is 0 Å². The van der Waals surface area contributed by atoms with Crippen molar-refractivity contribution in [1.29, 1.82) is 0 Å². The summed E-state index contributed by atoms with van der Waals surface area (Å²) in [5.74, 6) is 0.938. The number of rotatable bonds is 9. The fourth-order valence-corrected chi connectivity index (χ4v) is 1.84. The van der Waals surface area contributed by atoms with Crippen molar-refractivity contribution >= 4 is 5.69 Å². The van der Waals surface area contributed by atoms with Crippen LogP contribution < -0.4 is 10.1 Å². The zero-order valence-electron chi connectivity index (χ0n) is 11.6. The second kappa shape index (κ2) is 7.21. The van der Waals surface area contributed by atoms with Crippen LogP contribution in [0.5, 0.6) is 5.75 Å². The SMILES string of the molecule is COCCNCc1ccc(OCC2CC2)c([N+](=O)[O-])c1. The maximum atomic E-state index is 11.1. The lowest BCUT2D eigenvalue weighted by atomic mass is 10.2. The van der Waals surface area contributed by atoms with Gasteiger partial charge >= 0.3 is 5.69 Å². The molecule has 0 atom stereocenters. The third-order valence-corrected chi connectivity index (χ3v) is 3.20. The summed E-state index contributed by atoms with van der Waals surface area (Å²) in [4.78, 5) is 10.7. The van der Waals surface area contributed by atoms with Gasteiger partial charge in [-0.1, -0.05) is 6.07 Å². The molecule has 1 fully saturated rings. The van der Waals surface area contributed by atoms with Gasteiger partial charge in [0.15, 0.2) is 5.75 Å². The molecule has 6 heteroatoms. The molecule has 1 aromatic carbocycles. The van der Waals surface area contributed by atoms with Gasteiger partial charge in [-0.15, -0.1) is 0 Å². The number of nitro benzene ring substituents is 1. The van der Waals surface area contributed by atoms with Crippen LogP contribution in [0.2, 0.25) is 0 Å². The molecule has 1 N–H and O–H groups in total. The van der Waals surface area contributed by atoms with Gasteiger partial charge in [-0.2, -0.15) is 0 Å². The van der Waals surface area contributed by atoms with E-state index in [1.807, 2.05) is 6.07 Å². The molecule has 1 aromatic rings. The van der Waals surface area contributed by atoms with Crippen molar-refractivity contribution in [3.63, 3.8) is 0 Å². The Morgan fingerprint density at radius 2 is 2.25 bits per heavy atom. The Bertz CT molecular complexity index is 460. The molecule has 0 radical (unpaired) electrons. The van der Waals surface area contributed by atoms with Gasteiger partial charge < -0.3 is 14.8 Å². The summed E-state index contributed by atoms with van der Waals surface area (Å²) in [6, 6.07) is 5.12. The summed E-state index contributed by atoms with van der Waals surface area (Å²) in [5, 5.41) is 14.3. The minimum Gasteiger partial charge on any atom is -0.487 e. The molecular formula is C14H20N2O4. The minimum absolute atomic E-state index is 0.0386. The van der Waals surface area contributed by atoms with Gasteiger partial charge in [-0.3, -0.25) is 10.1 Å². The molecule has 20 heavy (non-hydrogen) atoms. The average molecular weight is 280 g/mol. The summed E-state index contributed by atoms with van der Waals surface area (Å²) in [7, 11) is 1.64. The fraction of sp³-hybridized carbons (Fsp3) is 0.571. The van der Waals surface area contributed by atoms with E-state index in [1.165, 1.54) is 0 Å². The Kier molecular flexibility index (Phi) is 5.31. The highest BCUT2D eigenvalue weighted by atomic mass is 16.6. The molecule has 0 unspecified atom stereocenters. The number of nitrogens with zero attached hydrogens (tertiary/aromatic N) is 1. The topological polar surface area (TPSA) is 73.6 Å². The smallest absolute Gasteiger partial charge is 0.311 e. The molecule has 6 nitrogen and oxygen atoms in total. The lowest BCUT2D eigenvalue weighted by Crippen LogP contribution is -2.18. The number of hydrogen-bond acceptors (Lipinski definition) is 5. The predicted octanol–water partition coefficient (Wildman–Crippen LogP) is 2.12. The molecule has 0 aliphatic heterocycles. The Labute approximate surface area is 118 Å². The van der Waals surface area contributed by atoms with Crippen LogP contribution in [0.15, 0.2) is 18.2 Å². The number of nitrogens with one attached hydrogen (secondary N) is 1. The monoisotopic (exact) mass is 280 g/mol. The molecule has 0 bridgehead atoms. The van der Waals surface area contributed by atoms with Crippen LogP contribution in [0.4, 0.5) is 5.69 Å². The molecular weight excluding hydrogens is 260 g/mol. The Morgan fingerprint density at radius 1 is 1.45 bits per heavy atom. The highest BCUT2D eigenvalue weighted by Crippen LogP contribution is 2.33. The number of nitro groups is 1. The molecule has 1 aliphatic rings. The van der Waals surface area contributed by atoms with E-state index in [0.717, 1.165) is 18.4 Å². The van der Waals surface area contributed by atoms with Crippen LogP contribution in [-0.4, -0.2) is 31.8 Å². The minimum atomic E-state index is -0.388. The van der Waals surface area contributed by atoms with E-state index in [4.69, 9.17) is 9.47 Å². The Morgan fingerprint density at radius 3 is 2.90 bits per heavy atom. The van der Waals surface area contributed by atoms with Crippen LogP contribution in [0.25, 0.3) is 0 Å². The quantitative estimate of drug-likeness (QED) is 0.426. The van der Waals surface area contributed by atoms with Crippen LogP contribution in [-0.2, 0) is 11.3 Å². The summed E-state index contributed by atoms with van der Waals surface area (Å²) in [5.41, 5.74) is 0.906. The molecule has 110 valence electrons. The molecule has 1 aliphatic carbocycles. The summed E-state index contributed by atoms with van der Waals surface area (Å²) in [6.07, 6.45) is 2.32. The van der Waals surface area contributed by atoms with Crippen LogP contribution in [0, 0.1) is 16.0 Å². The zero-order valence-corrected chi connectivity index (χ0v) is 11.6. The normalized spacial score (nSPS) is 14.2. The van der Waals surface area contributed by atoms with E-state index in [2.05, 4.69) is 5.32 Å². The van der Waals surface area contributed by atoms with Gasteiger partial charge in [0.2, 0.25) is 0 Å². The highest BCUT2D eigenvalue weighted by molar-refractivity contribution is 5.48. The number of ether oxygens (including phenoxy) is 2. The second-order valence-corrected chi connectivity index (χ2v) is 4.98. The maximum Gasteiger partial charge on any atom is 0.311 e. The van der Waals surface area contributed by atoms with Crippen molar-refractivity contribution in [2.75, 3.05) is 26.9 Å². The molecule has 0 amide bonds. The first-order chi connectivity index (χ1) is 9.70. The van der Waals surface area contributed by atoms with Crippen LogP contribution in [0.1, 0.15) is 18.4 Å². The molecule has 1 saturated carbocycles. The van der Waals surface area contributed by atoms with Crippen molar-refractivity contribution in [3.8, 4) is 5.75 Å². The number of benzene rings is 1. The predicted molar refractivity (Wildman–Crippen MR) is 74.9 cm³/mol. The van der Waals surface area contributed by atoms with Gasteiger partial charge in [-0.05, 0) is 30.4 Å². The van der Waals surface area contributed by atoms with Gasteiger partial charge in [0.05, 0.1) is 18.1 Å². The van der Waals surface area contributed by atoms with E-state index in [-0.39, 0.29) is 10.6 Å². The average Bonchev–Trinajstić information content (AvgIpc) is 3.26. The first kappa shape index (κ1) is 14.7.